The lowest BCUT2D eigenvalue weighted by Gasteiger charge is -2.25. The van der Waals surface area contributed by atoms with Gasteiger partial charge in [0.2, 0.25) is 0 Å². The molecule has 1 aliphatic rings. The van der Waals surface area contributed by atoms with Crippen molar-refractivity contribution < 1.29 is 4.74 Å². The number of hydrogen-bond acceptors (Lipinski definition) is 3. The number of aryl methyl sites for hydroxylation is 1. The number of nitrogens with one attached hydrogen (secondary N) is 1. The average molecular weight is 254 g/mol. The summed E-state index contributed by atoms with van der Waals surface area (Å²) in [5, 5.41) is 3.38. The fourth-order valence-corrected chi connectivity index (χ4v) is 2.70. The molecule has 1 N–H and O–H groups in total. The Bertz CT molecular complexity index is 554. The Morgan fingerprint density at radius 1 is 1.21 bits per heavy atom. The Hall–Kier alpha value is -1.87. The van der Waals surface area contributed by atoms with Crippen molar-refractivity contribution in [1.82, 2.24) is 10.3 Å². The predicted octanol–water partition coefficient (Wildman–Crippen LogP) is 2.72. The Kier molecular flexibility index (Phi) is 3.47. The summed E-state index contributed by atoms with van der Waals surface area (Å²) >= 11 is 0. The summed E-state index contributed by atoms with van der Waals surface area (Å²) in [4.78, 5) is 4.08. The van der Waals surface area contributed by atoms with Crippen molar-refractivity contribution in [1.29, 1.82) is 0 Å². The van der Waals surface area contributed by atoms with Gasteiger partial charge in [-0.2, -0.15) is 0 Å². The second-order valence-electron chi connectivity index (χ2n) is 4.79. The summed E-state index contributed by atoms with van der Waals surface area (Å²) in [6, 6.07) is 10.7. The molecule has 0 aliphatic carbocycles. The standard InChI is InChI=1S/C16H18N2O/c1-17-15(12-7-9-18-10-8-12)14-6-2-4-13-5-3-11-19-16(13)14/h2,4,6-10,15,17H,3,5,11H2,1H3. The number of hydrogen-bond donors (Lipinski definition) is 1. The van der Waals surface area contributed by atoms with E-state index in [0.29, 0.717) is 0 Å². The molecule has 0 saturated carbocycles. The van der Waals surface area contributed by atoms with E-state index in [4.69, 9.17) is 4.74 Å². The van der Waals surface area contributed by atoms with Crippen LogP contribution in [0.5, 0.6) is 5.75 Å². The van der Waals surface area contributed by atoms with Gasteiger partial charge in [-0.15, -0.1) is 0 Å². The van der Waals surface area contributed by atoms with Crippen LogP contribution in [0, 0.1) is 0 Å². The maximum atomic E-state index is 5.90. The van der Waals surface area contributed by atoms with Gasteiger partial charge in [0, 0.05) is 18.0 Å². The third kappa shape index (κ3) is 2.34. The zero-order valence-corrected chi connectivity index (χ0v) is 11.1. The van der Waals surface area contributed by atoms with Gasteiger partial charge in [-0.1, -0.05) is 18.2 Å². The van der Waals surface area contributed by atoms with E-state index in [1.807, 2.05) is 31.6 Å². The summed E-state index contributed by atoms with van der Waals surface area (Å²) in [7, 11) is 1.98. The van der Waals surface area contributed by atoms with Crippen LogP contribution in [0.3, 0.4) is 0 Å². The molecule has 1 unspecified atom stereocenters. The van der Waals surface area contributed by atoms with Crippen molar-refractivity contribution in [3.8, 4) is 5.75 Å². The highest BCUT2D eigenvalue weighted by molar-refractivity contribution is 5.47. The fraction of sp³-hybridized carbons (Fsp3) is 0.312. The van der Waals surface area contributed by atoms with E-state index in [9.17, 15) is 0 Å². The molecular formula is C16H18N2O. The highest BCUT2D eigenvalue weighted by atomic mass is 16.5. The van der Waals surface area contributed by atoms with Crippen LogP contribution in [-0.2, 0) is 6.42 Å². The SMILES string of the molecule is CNC(c1ccncc1)c1cccc2c1OCCC2. The minimum absolute atomic E-state index is 0.149. The third-order valence-corrected chi connectivity index (χ3v) is 3.60. The summed E-state index contributed by atoms with van der Waals surface area (Å²) in [6.45, 7) is 0.816. The van der Waals surface area contributed by atoms with E-state index < -0.39 is 0 Å². The molecule has 0 spiro atoms. The summed E-state index contributed by atoms with van der Waals surface area (Å²) in [5.74, 6) is 1.06. The van der Waals surface area contributed by atoms with Crippen LogP contribution in [0.15, 0.2) is 42.7 Å². The molecule has 1 aromatic carbocycles. The van der Waals surface area contributed by atoms with Crippen molar-refractivity contribution in [3.05, 3.63) is 59.4 Å². The lowest BCUT2D eigenvalue weighted by atomic mass is 9.94. The zero-order valence-electron chi connectivity index (χ0n) is 11.1. The van der Waals surface area contributed by atoms with Crippen LogP contribution in [0.25, 0.3) is 0 Å². The lowest BCUT2D eigenvalue weighted by Crippen LogP contribution is -2.20. The Labute approximate surface area is 113 Å². The number of rotatable bonds is 3. The molecule has 2 aromatic rings. The largest absolute Gasteiger partial charge is 0.493 e. The molecule has 3 heteroatoms. The van der Waals surface area contributed by atoms with Gasteiger partial charge in [0.05, 0.1) is 12.6 Å². The molecule has 3 nitrogen and oxygen atoms in total. The number of ether oxygens (including phenoxy) is 1. The smallest absolute Gasteiger partial charge is 0.127 e. The first-order chi connectivity index (χ1) is 9.40. The van der Waals surface area contributed by atoms with Crippen LogP contribution in [0.1, 0.15) is 29.2 Å². The first-order valence-electron chi connectivity index (χ1n) is 6.72. The third-order valence-electron chi connectivity index (χ3n) is 3.60. The van der Waals surface area contributed by atoms with E-state index in [2.05, 4.69) is 28.5 Å². The average Bonchev–Trinajstić information content (AvgIpc) is 2.49. The molecule has 98 valence electrons. The van der Waals surface area contributed by atoms with Crippen molar-refractivity contribution in [2.24, 2.45) is 0 Å². The zero-order chi connectivity index (χ0) is 13.1. The molecule has 1 aliphatic heterocycles. The van der Waals surface area contributed by atoms with Gasteiger partial charge in [0.25, 0.3) is 0 Å². The van der Waals surface area contributed by atoms with Crippen LogP contribution in [0.2, 0.25) is 0 Å². The maximum absolute atomic E-state index is 5.90. The second-order valence-corrected chi connectivity index (χ2v) is 4.79. The molecule has 0 bridgehead atoms. The maximum Gasteiger partial charge on any atom is 0.127 e. The van der Waals surface area contributed by atoms with Gasteiger partial charge >= 0.3 is 0 Å². The number of pyridine rings is 1. The monoisotopic (exact) mass is 254 g/mol. The molecule has 0 radical (unpaired) electrons. The van der Waals surface area contributed by atoms with Crippen LogP contribution < -0.4 is 10.1 Å². The molecule has 2 heterocycles. The highest BCUT2D eigenvalue weighted by Gasteiger charge is 2.21. The fourth-order valence-electron chi connectivity index (χ4n) is 2.70. The molecule has 3 rings (SSSR count). The molecule has 19 heavy (non-hydrogen) atoms. The number of benzene rings is 1. The molecule has 0 amide bonds. The number of aromatic nitrogens is 1. The van der Waals surface area contributed by atoms with Gasteiger partial charge in [0.15, 0.2) is 0 Å². The van der Waals surface area contributed by atoms with Gasteiger partial charge in [-0.05, 0) is 43.1 Å². The van der Waals surface area contributed by atoms with Crippen molar-refractivity contribution in [2.75, 3.05) is 13.7 Å². The predicted molar refractivity (Wildman–Crippen MR) is 75.4 cm³/mol. The number of para-hydroxylation sites is 1. The first kappa shape index (κ1) is 12.2. The van der Waals surface area contributed by atoms with Gasteiger partial charge in [-0.25, -0.2) is 0 Å². The Morgan fingerprint density at radius 2 is 2.05 bits per heavy atom. The molecular weight excluding hydrogens is 236 g/mol. The Morgan fingerprint density at radius 3 is 2.84 bits per heavy atom. The lowest BCUT2D eigenvalue weighted by molar-refractivity contribution is 0.283. The normalized spacial score (nSPS) is 15.4. The topological polar surface area (TPSA) is 34.2 Å². The van der Waals surface area contributed by atoms with Crippen LogP contribution in [-0.4, -0.2) is 18.6 Å². The highest BCUT2D eigenvalue weighted by Crippen LogP contribution is 2.35. The molecule has 0 saturated heterocycles. The van der Waals surface area contributed by atoms with Crippen molar-refractivity contribution in [2.45, 2.75) is 18.9 Å². The van der Waals surface area contributed by atoms with E-state index in [-0.39, 0.29) is 6.04 Å². The summed E-state index contributed by atoms with van der Waals surface area (Å²) in [5.41, 5.74) is 3.74. The summed E-state index contributed by atoms with van der Waals surface area (Å²) < 4.78 is 5.90. The van der Waals surface area contributed by atoms with Crippen molar-refractivity contribution >= 4 is 0 Å². The molecule has 1 atom stereocenters. The first-order valence-corrected chi connectivity index (χ1v) is 6.72. The van der Waals surface area contributed by atoms with E-state index >= 15 is 0 Å². The van der Waals surface area contributed by atoms with Crippen LogP contribution in [0.4, 0.5) is 0 Å². The quantitative estimate of drug-likeness (QED) is 0.914. The minimum Gasteiger partial charge on any atom is -0.493 e. The molecule has 0 fully saturated rings. The molecule has 1 aromatic heterocycles. The Balaban J connectivity index is 2.05. The summed E-state index contributed by atoms with van der Waals surface area (Å²) in [6.07, 6.45) is 5.87. The minimum atomic E-state index is 0.149. The van der Waals surface area contributed by atoms with E-state index in [0.717, 1.165) is 25.2 Å². The van der Waals surface area contributed by atoms with E-state index in [1.54, 1.807) is 0 Å². The van der Waals surface area contributed by atoms with E-state index in [1.165, 1.54) is 16.7 Å². The van der Waals surface area contributed by atoms with Gasteiger partial charge in [0.1, 0.15) is 5.75 Å². The van der Waals surface area contributed by atoms with Crippen LogP contribution >= 0.6 is 0 Å². The second kappa shape index (κ2) is 5.41. The number of nitrogens with zero attached hydrogens (tertiary/aromatic N) is 1. The van der Waals surface area contributed by atoms with Crippen molar-refractivity contribution in [3.63, 3.8) is 0 Å². The van der Waals surface area contributed by atoms with Gasteiger partial charge < -0.3 is 10.1 Å². The number of fused-ring (bicyclic) bond motifs is 1. The van der Waals surface area contributed by atoms with Gasteiger partial charge in [-0.3, -0.25) is 4.98 Å².